The number of ether oxygens (including phenoxy) is 1. The molecule has 0 radical (unpaired) electrons. The summed E-state index contributed by atoms with van der Waals surface area (Å²) in [5.41, 5.74) is -1.74. The number of carbonyl (C=O) groups excluding carboxylic acids is 3. The molecule has 4 aliphatic carbocycles. The molecule has 9 heteroatoms. The number of aliphatic hydroxyl groups excluding tert-OH is 1. The van der Waals surface area contributed by atoms with Crippen LogP contribution in [0.25, 0.3) is 0 Å². The normalized spacial score (nSPS) is 36.6. The molecule has 3 saturated carbocycles. The summed E-state index contributed by atoms with van der Waals surface area (Å²) in [6.07, 6.45) is 6.26. The summed E-state index contributed by atoms with van der Waals surface area (Å²) in [7, 11) is 0. The van der Waals surface area contributed by atoms with Gasteiger partial charge in [-0.25, -0.2) is 9.59 Å². The van der Waals surface area contributed by atoms with Gasteiger partial charge in [0.15, 0.2) is 12.4 Å². The Hall–Kier alpha value is -2.36. The summed E-state index contributed by atoms with van der Waals surface area (Å²) in [5, 5.41) is 31.5. The van der Waals surface area contributed by atoms with Crippen LogP contribution in [0, 0.1) is 28.6 Å². The standard InChI is InChI=1S/C25H32O8.C6H15N/c1-23-9-7-15(26)11-14(23)3-4-16-17-8-10-25(32,24(17,2)12-18(27)22(16)23)19(28)13-33-21(31)6-5-20(29)30;1-4-7(5-2)6-3/h5-6,11,16-18,22,27,32H,3-4,7-10,12-13H2,1-2H3,(H,29,30);4-6H2,1-3H3/b6-5+;/t16-,17-,18-,22+,23-,24-,25-;/m0./s1. The molecule has 7 atom stereocenters. The van der Waals surface area contributed by atoms with E-state index in [0.29, 0.717) is 25.3 Å². The molecule has 4 aliphatic rings. The first-order valence-corrected chi connectivity index (χ1v) is 14.7. The van der Waals surface area contributed by atoms with E-state index in [-0.39, 0.29) is 41.8 Å². The lowest BCUT2D eigenvalue weighted by Crippen LogP contribution is -2.62. The first-order chi connectivity index (χ1) is 18.8. The van der Waals surface area contributed by atoms with Gasteiger partial charge in [-0.15, -0.1) is 0 Å². The Labute approximate surface area is 237 Å². The number of aliphatic carboxylic acids is 1. The number of rotatable bonds is 8. The number of hydrogen-bond acceptors (Lipinski definition) is 8. The van der Waals surface area contributed by atoms with Crippen LogP contribution in [0.3, 0.4) is 0 Å². The molecule has 0 aliphatic heterocycles. The maximum absolute atomic E-state index is 13.1. The van der Waals surface area contributed by atoms with E-state index < -0.39 is 41.4 Å². The van der Waals surface area contributed by atoms with Crippen LogP contribution in [0.1, 0.15) is 79.6 Å². The van der Waals surface area contributed by atoms with Crippen LogP contribution >= 0.6 is 0 Å². The van der Waals surface area contributed by atoms with E-state index in [1.54, 1.807) is 6.08 Å². The highest BCUT2D eigenvalue weighted by molar-refractivity contribution is 5.94. The lowest BCUT2D eigenvalue weighted by molar-refractivity contribution is -0.184. The second-order valence-electron chi connectivity index (χ2n) is 12.3. The van der Waals surface area contributed by atoms with Crippen LogP contribution < -0.4 is 0 Å². The summed E-state index contributed by atoms with van der Waals surface area (Å²) < 4.78 is 4.89. The molecule has 0 aromatic heterocycles. The first-order valence-electron chi connectivity index (χ1n) is 14.7. The lowest BCUT2D eigenvalue weighted by atomic mass is 9.45. The summed E-state index contributed by atoms with van der Waals surface area (Å²) >= 11 is 0. The van der Waals surface area contributed by atoms with Crippen LogP contribution in [-0.2, 0) is 23.9 Å². The van der Waals surface area contributed by atoms with Gasteiger partial charge in [-0.2, -0.15) is 0 Å². The van der Waals surface area contributed by atoms with E-state index >= 15 is 0 Å². The van der Waals surface area contributed by atoms with E-state index in [2.05, 4.69) is 32.6 Å². The first kappa shape index (κ1) is 32.2. The van der Waals surface area contributed by atoms with Crippen molar-refractivity contribution in [2.75, 3.05) is 26.2 Å². The van der Waals surface area contributed by atoms with Gasteiger partial charge in [-0.3, -0.25) is 9.59 Å². The number of Topliss-reactive ketones (excluding diaryl/α,β-unsaturated/α-hetero) is 1. The SMILES string of the molecule is CCN(CC)CC.C[C@]12CCC(=O)C=C1CC[C@@H]1[C@@H]2[C@@H](O)C[C@@]2(C)[C@H]1CC[C@]2(O)C(=O)COC(=O)/C=C/C(=O)O. The van der Waals surface area contributed by atoms with Crippen molar-refractivity contribution < 1.29 is 39.2 Å². The predicted molar refractivity (Wildman–Crippen MR) is 149 cm³/mol. The molecule has 0 spiro atoms. The highest BCUT2D eigenvalue weighted by Crippen LogP contribution is 2.67. The van der Waals surface area contributed by atoms with Crippen molar-refractivity contribution in [1.82, 2.24) is 4.90 Å². The Morgan fingerprint density at radius 3 is 2.27 bits per heavy atom. The molecule has 0 aromatic rings. The van der Waals surface area contributed by atoms with Crippen molar-refractivity contribution in [3.05, 3.63) is 23.8 Å². The zero-order valence-electron chi connectivity index (χ0n) is 24.6. The number of nitrogens with zero attached hydrogens (tertiary/aromatic N) is 1. The molecule has 4 rings (SSSR count). The van der Waals surface area contributed by atoms with Crippen LogP contribution in [0.15, 0.2) is 23.8 Å². The second-order valence-corrected chi connectivity index (χ2v) is 12.3. The molecule has 0 unspecified atom stereocenters. The average molecular weight is 562 g/mol. The minimum atomic E-state index is -1.74. The Kier molecular flexibility index (Phi) is 10.2. The third kappa shape index (κ3) is 5.97. The highest BCUT2D eigenvalue weighted by atomic mass is 16.5. The van der Waals surface area contributed by atoms with E-state index in [1.807, 2.05) is 6.92 Å². The molecule has 0 bridgehead atoms. The highest BCUT2D eigenvalue weighted by Gasteiger charge is 2.68. The minimum absolute atomic E-state index is 0.0264. The van der Waals surface area contributed by atoms with Crippen molar-refractivity contribution in [2.24, 2.45) is 28.6 Å². The van der Waals surface area contributed by atoms with E-state index in [9.17, 15) is 29.4 Å². The van der Waals surface area contributed by atoms with Gasteiger partial charge in [0, 0.05) is 24.0 Å². The van der Waals surface area contributed by atoms with Gasteiger partial charge in [0.2, 0.25) is 5.78 Å². The fourth-order valence-corrected chi connectivity index (χ4v) is 8.26. The fourth-order valence-electron chi connectivity index (χ4n) is 8.26. The summed E-state index contributed by atoms with van der Waals surface area (Å²) in [6, 6.07) is 0. The van der Waals surface area contributed by atoms with Crippen molar-refractivity contribution in [3.63, 3.8) is 0 Å². The molecule has 9 nitrogen and oxygen atoms in total. The van der Waals surface area contributed by atoms with Gasteiger partial charge >= 0.3 is 11.9 Å². The molecule has 3 fully saturated rings. The fraction of sp³-hybridized carbons (Fsp3) is 0.742. The largest absolute Gasteiger partial charge is 0.478 e. The van der Waals surface area contributed by atoms with Gasteiger partial charge in [0.25, 0.3) is 0 Å². The number of allylic oxidation sites excluding steroid dienone is 1. The van der Waals surface area contributed by atoms with Gasteiger partial charge in [0.1, 0.15) is 5.60 Å². The molecule has 0 amide bonds. The van der Waals surface area contributed by atoms with Crippen molar-refractivity contribution >= 4 is 23.5 Å². The van der Waals surface area contributed by atoms with Crippen LogP contribution in [0.5, 0.6) is 0 Å². The molecule has 224 valence electrons. The maximum atomic E-state index is 13.1. The van der Waals surface area contributed by atoms with Crippen LogP contribution in [-0.4, -0.2) is 81.7 Å². The molecule has 0 heterocycles. The number of hydrogen-bond donors (Lipinski definition) is 3. The third-order valence-corrected chi connectivity index (χ3v) is 10.6. The zero-order chi connectivity index (χ0) is 29.9. The number of carboxylic acid groups (broad SMARTS) is 1. The van der Waals surface area contributed by atoms with Crippen LogP contribution in [0.2, 0.25) is 0 Å². The number of fused-ring (bicyclic) bond motifs is 5. The third-order valence-electron chi connectivity index (χ3n) is 10.6. The molecule has 0 saturated heterocycles. The second kappa shape index (κ2) is 12.7. The molecule has 0 aromatic carbocycles. The van der Waals surface area contributed by atoms with Gasteiger partial charge in [-0.1, -0.05) is 40.2 Å². The molecular weight excluding hydrogens is 514 g/mol. The smallest absolute Gasteiger partial charge is 0.331 e. The van der Waals surface area contributed by atoms with Crippen molar-refractivity contribution in [2.45, 2.75) is 91.3 Å². The van der Waals surface area contributed by atoms with E-state index in [1.165, 1.54) is 19.6 Å². The molecule has 40 heavy (non-hydrogen) atoms. The number of esters is 1. The van der Waals surface area contributed by atoms with Gasteiger partial charge in [-0.05, 0) is 87.4 Å². The number of ketones is 2. The number of carbonyl (C=O) groups is 4. The summed E-state index contributed by atoms with van der Waals surface area (Å²) in [5.74, 6) is -2.64. The maximum Gasteiger partial charge on any atom is 0.331 e. The van der Waals surface area contributed by atoms with Crippen LogP contribution in [0.4, 0.5) is 0 Å². The molecule has 3 N–H and O–H groups in total. The van der Waals surface area contributed by atoms with Crippen molar-refractivity contribution in [1.29, 1.82) is 0 Å². The van der Waals surface area contributed by atoms with Crippen molar-refractivity contribution in [3.8, 4) is 0 Å². The van der Waals surface area contributed by atoms with E-state index in [0.717, 1.165) is 24.5 Å². The van der Waals surface area contributed by atoms with Gasteiger partial charge in [0.05, 0.1) is 6.10 Å². The summed E-state index contributed by atoms with van der Waals surface area (Å²) in [6.45, 7) is 13.5. The Balaban J connectivity index is 0.000000559. The quantitative estimate of drug-likeness (QED) is 0.301. The number of carboxylic acids is 1. The summed E-state index contributed by atoms with van der Waals surface area (Å²) in [4.78, 5) is 49.7. The Morgan fingerprint density at radius 2 is 1.70 bits per heavy atom. The predicted octanol–water partition coefficient (Wildman–Crippen LogP) is 3.32. The minimum Gasteiger partial charge on any atom is -0.478 e. The topological polar surface area (TPSA) is 141 Å². The lowest BCUT2D eigenvalue weighted by Gasteiger charge is -2.60. The number of aliphatic hydroxyl groups is 2. The Morgan fingerprint density at radius 1 is 1.05 bits per heavy atom. The molecular formula is C31H47NO8. The van der Waals surface area contributed by atoms with E-state index in [4.69, 9.17) is 9.84 Å². The zero-order valence-corrected chi connectivity index (χ0v) is 24.6. The average Bonchev–Trinajstić information content (AvgIpc) is 3.18. The monoisotopic (exact) mass is 561 g/mol. The Bertz CT molecular complexity index is 1040. The van der Waals surface area contributed by atoms with Gasteiger partial charge < -0.3 is 25.0 Å².